The Morgan fingerprint density at radius 1 is 1.22 bits per heavy atom. The summed E-state index contributed by atoms with van der Waals surface area (Å²) in [6.45, 7) is 4.57. The number of carbonyl (C=O) groups is 1. The third-order valence-electron chi connectivity index (χ3n) is 6.06. The van der Waals surface area contributed by atoms with E-state index in [2.05, 4.69) is 30.6 Å². The molecule has 3 aliphatic rings. The highest BCUT2D eigenvalue weighted by Crippen LogP contribution is 2.38. The normalized spacial score (nSPS) is 22.3. The zero-order chi connectivity index (χ0) is 22.3. The van der Waals surface area contributed by atoms with Gasteiger partial charge in [-0.05, 0) is 53.5 Å². The molecule has 9 nitrogen and oxygen atoms in total. The highest BCUT2D eigenvalue weighted by Gasteiger charge is 2.45. The first-order valence-corrected chi connectivity index (χ1v) is 10.5. The van der Waals surface area contributed by atoms with Crippen LogP contribution in [0.2, 0.25) is 0 Å². The minimum Gasteiger partial charge on any atom is -0.325 e. The van der Waals surface area contributed by atoms with Crippen LogP contribution in [-0.2, 0) is 16.6 Å². The Balaban J connectivity index is 1.37. The summed E-state index contributed by atoms with van der Waals surface area (Å²) in [6.07, 6.45) is 7.95. The number of nitrogens with one attached hydrogen (secondary N) is 2. The molecule has 1 unspecified atom stereocenters. The Hall–Kier alpha value is -3.69. The standard InChI is InChI=1S/C23H24N8O/c1-23(2)18-8-7-17(14-19(18)27-21(23)32)26-22-28-20-15-24-11-13-31(20,29-22)30(3)12-9-16-6-4-5-10-25-16/h4-8,10-11,13-15H,9,12H2,1-3H3,(H-,26,27,29,32)/p+1. The third-order valence-corrected chi connectivity index (χ3v) is 6.06. The summed E-state index contributed by atoms with van der Waals surface area (Å²) in [5.74, 6) is 1.18. The molecule has 0 bridgehead atoms. The Morgan fingerprint density at radius 3 is 2.91 bits per heavy atom. The number of quaternary nitrogens is 1. The molecule has 0 fully saturated rings. The number of pyridine rings is 1. The van der Waals surface area contributed by atoms with Gasteiger partial charge in [0.15, 0.2) is 6.20 Å². The van der Waals surface area contributed by atoms with Crippen molar-refractivity contribution in [3.63, 3.8) is 0 Å². The summed E-state index contributed by atoms with van der Waals surface area (Å²) < 4.78 is 0.105. The molecule has 1 aromatic carbocycles. The number of hydrogen-bond donors (Lipinski definition) is 2. The molecule has 162 valence electrons. The molecule has 5 rings (SSSR count). The van der Waals surface area contributed by atoms with Crippen LogP contribution in [-0.4, -0.2) is 52.2 Å². The first-order chi connectivity index (χ1) is 15.4. The summed E-state index contributed by atoms with van der Waals surface area (Å²) in [4.78, 5) is 25.6. The van der Waals surface area contributed by atoms with Gasteiger partial charge in [-0.1, -0.05) is 12.1 Å². The molecule has 3 aliphatic heterocycles. The van der Waals surface area contributed by atoms with Crippen LogP contribution in [0.1, 0.15) is 25.1 Å². The predicted octanol–water partition coefficient (Wildman–Crippen LogP) is 2.87. The SMILES string of the molecule is CN(CCc1ccccn1)[N+]12C=CN=CC1=NC(Nc1ccc3c(c1)NC(=O)C3(C)C)=N2. The van der Waals surface area contributed by atoms with E-state index in [4.69, 9.17) is 5.10 Å². The van der Waals surface area contributed by atoms with Gasteiger partial charge >= 0.3 is 5.84 Å². The van der Waals surface area contributed by atoms with Gasteiger partial charge in [-0.3, -0.25) is 14.8 Å². The second-order valence-corrected chi connectivity index (χ2v) is 8.54. The van der Waals surface area contributed by atoms with E-state index >= 15 is 0 Å². The summed E-state index contributed by atoms with van der Waals surface area (Å²) in [7, 11) is 2.00. The third kappa shape index (κ3) is 3.31. The van der Waals surface area contributed by atoms with Crippen LogP contribution in [0.25, 0.3) is 0 Å². The number of anilines is 2. The van der Waals surface area contributed by atoms with Gasteiger partial charge in [0.25, 0.3) is 5.96 Å². The van der Waals surface area contributed by atoms with Crippen molar-refractivity contribution in [2.24, 2.45) is 15.1 Å². The molecule has 2 N–H and O–H groups in total. The van der Waals surface area contributed by atoms with E-state index < -0.39 is 5.41 Å². The second-order valence-electron chi connectivity index (χ2n) is 8.54. The van der Waals surface area contributed by atoms with Crippen LogP contribution < -0.4 is 10.6 Å². The van der Waals surface area contributed by atoms with E-state index in [0.29, 0.717) is 11.8 Å². The number of amidine groups is 1. The van der Waals surface area contributed by atoms with Crippen LogP contribution in [0.15, 0.2) is 70.1 Å². The van der Waals surface area contributed by atoms with E-state index in [9.17, 15) is 4.79 Å². The van der Waals surface area contributed by atoms with E-state index in [1.54, 1.807) is 18.6 Å². The Morgan fingerprint density at radius 2 is 2.09 bits per heavy atom. The van der Waals surface area contributed by atoms with Gasteiger partial charge < -0.3 is 10.6 Å². The van der Waals surface area contributed by atoms with Crippen molar-refractivity contribution in [2.45, 2.75) is 25.7 Å². The fourth-order valence-corrected chi connectivity index (χ4v) is 4.06. The molecule has 0 saturated carbocycles. The average molecular weight is 430 g/mol. The van der Waals surface area contributed by atoms with Gasteiger partial charge in [-0.25, -0.2) is 0 Å². The topological polar surface area (TPSA) is 94.3 Å². The molecule has 0 radical (unpaired) electrons. The lowest BCUT2D eigenvalue weighted by molar-refractivity contribution is -0.913. The van der Waals surface area contributed by atoms with E-state index in [0.717, 1.165) is 35.6 Å². The van der Waals surface area contributed by atoms with E-state index in [-0.39, 0.29) is 10.6 Å². The number of fused-ring (bicyclic) bond motifs is 2. The predicted molar refractivity (Wildman–Crippen MR) is 125 cm³/mol. The maximum absolute atomic E-state index is 12.2. The average Bonchev–Trinajstić information content (AvgIpc) is 3.27. The molecular formula is C23H25N8O+. The molecule has 2 aromatic rings. The van der Waals surface area contributed by atoms with E-state index in [1.165, 1.54) is 0 Å². The molecular weight excluding hydrogens is 404 g/mol. The fraction of sp³-hybridized carbons (Fsp3) is 0.261. The van der Waals surface area contributed by atoms with Crippen molar-refractivity contribution in [1.82, 2.24) is 9.99 Å². The zero-order valence-corrected chi connectivity index (χ0v) is 18.3. The van der Waals surface area contributed by atoms with Crippen LogP contribution in [0.5, 0.6) is 0 Å². The Kier molecular flexibility index (Phi) is 4.72. The first-order valence-electron chi connectivity index (χ1n) is 10.5. The lowest BCUT2D eigenvalue weighted by Gasteiger charge is -2.31. The maximum Gasteiger partial charge on any atom is 0.301 e. The summed E-state index contributed by atoms with van der Waals surface area (Å²) >= 11 is 0. The molecule has 0 saturated heterocycles. The van der Waals surface area contributed by atoms with Crippen molar-refractivity contribution >= 4 is 35.3 Å². The van der Waals surface area contributed by atoms with Gasteiger partial charge in [0.05, 0.1) is 18.2 Å². The number of hydrogen-bond acceptors (Lipinski definition) is 7. The van der Waals surface area contributed by atoms with E-state index in [1.807, 2.05) is 63.5 Å². The molecule has 4 heterocycles. The zero-order valence-electron chi connectivity index (χ0n) is 18.3. The maximum atomic E-state index is 12.2. The lowest BCUT2D eigenvalue weighted by Crippen LogP contribution is -2.55. The van der Waals surface area contributed by atoms with Crippen molar-refractivity contribution in [1.29, 1.82) is 0 Å². The number of benzene rings is 1. The summed E-state index contributed by atoms with van der Waals surface area (Å²) in [5.41, 5.74) is 3.09. The van der Waals surface area contributed by atoms with Gasteiger partial charge in [0, 0.05) is 36.7 Å². The van der Waals surface area contributed by atoms with Crippen LogP contribution in [0.4, 0.5) is 11.4 Å². The smallest absolute Gasteiger partial charge is 0.301 e. The van der Waals surface area contributed by atoms with Crippen molar-refractivity contribution in [3.8, 4) is 0 Å². The highest BCUT2D eigenvalue weighted by molar-refractivity contribution is 6.30. The molecule has 9 heteroatoms. The number of aliphatic imine (C=N–C) groups is 2. The molecule has 1 amide bonds. The fourth-order valence-electron chi connectivity index (χ4n) is 4.06. The number of likely N-dealkylation sites (N-methyl/N-ethyl adjacent to an activating group) is 1. The highest BCUT2D eigenvalue weighted by atomic mass is 16.2. The summed E-state index contributed by atoms with van der Waals surface area (Å²) in [5, 5.41) is 13.2. The first kappa shape index (κ1) is 20.2. The second kappa shape index (κ2) is 7.47. The van der Waals surface area contributed by atoms with Crippen LogP contribution in [0.3, 0.4) is 0 Å². The van der Waals surface area contributed by atoms with Crippen molar-refractivity contribution in [2.75, 3.05) is 24.2 Å². The number of aromatic nitrogens is 1. The quantitative estimate of drug-likeness (QED) is 0.715. The van der Waals surface area contributed by atoms with Crippen LogP contribution >= 0.6 is 0 Å². The van der Waals surface area contributed by atoms with Crippen LogP contribution in [0, 0.1) is 0 Å². The number of carbonyl (C=O) groups excluding carboxylic acids is 1. The van der Waals surface area contributed by atoms with Gasteiger partial charge in [0.2, 0.25) is 5.91 Å². The molecule has 0 aliphatic carbocycles. The Labute approximate surface area is 186 Å². The number of rotatable bonds is 5. The Bertz CT molecular complexity index is 1200. The minimum absolute atomic E-state index is 0.000573. The molecule has 32 heavy (non-hydrogen) atoms. The number of amides is 1. The largest absolute Gasteiger partial charge is 0.325 e. The molecule has 1 aromatic heterocycles. The van der Waals surface area contributed by atoms with Gasteiger partial charge in [-0.15, -0.1) is 10.0 Å². The number of guanidine groups is 1. The lowest BCUT2D eigenvalue weighted by atomic mass is 9.86. The minimum atomic E-state index is -0.535. The van der Waals surface area contributed by atoms with Crippen molar-refractivity contribution in [3.05, 3.63) is 66.3 Å². The molecule has 1 atom stereocenters. The van der Waals surface area contributed by atoms with Gasteiger partial charge in [-0.2, -0.15) is 0 Å². The number of nitrogens with zero attached hydrogens (tertiary/aromatic N) is 6. The van der Waals surface area contributed by atoms with Crippen molar-refractivity contribution < 1.29 is 9.50 Å². The van der Waals surface area contributed by atoms with Gasteiger partial charge in [0.1, 0.15) is 6.21 Å². The summed E-state index contributed by atoms with van der Waals surface area (Å²) in [6, 6.07) is 11.8. The monoisotopic (exact) mass is 429 g/mol. The molecule has 0 spiro atoms.